The predicted octanol–water partition coefficient (Wildman–Crippen LogP) is 2.89. The molecule has 0 spiro atoms. The number of benzene rings is 1. The molecule has 2 aromatic rings. The minimum atomic E-state index is 0.0689. The van der Waals surface area contributed by atoms with Crippen LogP contribution in [0.5, 0.6) is 0 Å². The molecule has 0 aliphatic heterocycles. The number of hydrogen-bond acceptors (Lipinski definition) is 2. The lowest BCUT2D eigenvalue weighted by Crippen LogP contribution is -2.27. The van der Waals surface area contributed by atoms with Crippen molar-refractivity contribution in [3.05, 3.63) is 52.8 Å². The van der Waals surface area contributed by atoms with Gasteiger partial charge in [-0.3, -0.25) is 9.48 Å². The van der Waals surface area contributed by atoms with E-state index in [-0.39, 0.29) is 5.91 Å². The van der Waals surface area contributed by atoms with Gasteiger partial charge in [-0.1, -0.05) is 37.3 Å². The van der Waals surface area contributed by atoms with Gasteiger partial charge in [-0.15, -0.1) is 0 Å². The van der Waals surface area contributed by atoms with Gasteiger partial charge in [-0.2, -0.15) is 5.10 Å². The van der Waals surface area contributed by atoms with Crippen LogP contribution in [0.3, 0.4) is 0 Å². The minimum Gasteiger partial charge on any atom is -0.356 e. The zero-order chi connectivity index (χ0) is 16.1. The lowest BCUT2D eigenvalue weighted by atomic mass is 9.98. The van der Waals surface area contributed by atoms with E-state index in [0.717, 1.165) is 23.4 Å². The molecule has 0 unspecified atom stereocenters. The fraction of sp³-hybridized carbons (Fsp3) is 0.444. The molecule has 1 aromatic carbocycles. The molecule has 4 nitrogen and oxygen atoms in total. The van der Waals surface area contributed by atoms with E-state index in [9.17, 15) is 4.79 Å². The normalized spacial score (nSPS) is 12.2. The largest absolute Gasteiger partial charge is 0.356 e. The second kappa shape index (κ2) is 7.25. The highest BCUT2D eigenvalue weighted by Crippen LogP contribution is 2.17. The van der Waals surface area contributed by atoms with Crippen molar-refractivity contribution in [1.82, 2.24) is 15.1 Å². The Hall–Kier alpha value is -2.10. The maximum absolute atomic E-state index is 12.1. The molecule has 0 fully saturated rings. The molecule has 0 bridgehead atoms. The maximum atomic E-state index is 12.1. The van der Waals surface area contributed by atoms with Crippen LogP contribution in [-0.2, 0) is 18.3 Å². The quantitative estimate of drug-likeness (QED) is 0.891. The molecule has 0 aliphatic carbocycles. The van der Waals surface area contributed by atoms with E-state index in [1.54, 1.807) is 0 Å². The van der Waals surface area contributed by atoms with Gasteiger partial charge in [0.25, 0.3) is 0 Å². The molecule has 0 radical (unpaired) electrons. The molecule has 1 N–H and O–H groups in total. The Balaban J connectivity index is 1.81. The first-order valence-corrected chi connectivity index (χ1v) is 7.79. The molecule has 0 saturated carbocycles. The third kappa shape index (κ3) is 3.97. The van der Waals surface area contributed by atoms with Crippen LogP contribution < -0.4 is 5.32 Å². The lowest BCUT2D eigenvalue weighted by molar-refractivity contribution is -0.120. The van der Waals surface area contributed by atoms with Crippen molar-refractivity contribution in [1.29, 1.82) is 0 Å². The zero-order valence-corrected chi connectivity index (χ0v) is 13.9. The van der Waals surface area contributed by atoms with Crippen molar-refractivity contribution in [2.24, 2.45) is 7.05 Å². The van der Waals surface area contributed by atoms with Crippen LogP contribution in [0.1, 0.15) is 41.8 Å². The Labute approximate surface area is 132 Å². The highest BCUT2D eigenvalue weighted by molar-refractivity contribution is 5.79. The molecule has 118 valence electrons. The van der Waals surface area contributed by atoms with Gasteiger partial charge in [0.1, 0.15) is 0 Å². The number of carbonyl (C=O) groups excluding carboxylic acids is 1. The number of hydrogen-bond donors (Lipinski definition) is 1. The van der Waals surface area contributed by atoms with Gasteiger partial charge in [0.2, 0.25) is 5.91 Å². The molecule has 1 amide bonds. The summed E-state index contributed by atoms with van der Waals surface area (Å²) in [6.45, 7) is 6.84. The van der Waals surface area contributed by atoms with Crippen molar-refractivity contribution in [2.75, 3.05) is 6.54 Å². The van der Waals surface area contributed by atoms with Crippen LogP contribution in [0.15, 0.2) is 30.3 Å². The van der Waals surface area contributed by atoms with E-state index in [2.05, 4.69) is 41.6 Å². The molecule has 0 saturated heterocycles. The van der Waals surface area contributed by atoms with Crippen LogP contribution in [0.2, 0.25) is 0 Å². The first-order chi connectivity index (χ1) is 10.5. The van der Waals surface area contributed by atoms with Gasteiger partial charge in [-0.05, 0) is 31.7 Å². The summed E-state index contributed by atoms with van der Waals surface area (Å²) in [4.78, 5) is 12.1. The fourth-order valence-corrected chi connectivity index (χ4v) is 2.67. The van der Waals surface area contributed by atoms with E-state index in [1.807, 2.05) is 31.6 Å². The van der Waals surface area contributed by atoms with Crippen molar-refractivity contribution < 1.29 is 4.79 Å². The molecular weight excluding hydrogens is 274 g/mol. The van der Waals surface area contributed by atoms with Gasteiger partial charge in [0.15, 0.2) is 0 Å². The number of carbonyl (C=O) groups is 1. The van der Waals surface area contributed by atoms with E-state index < -0.39 is 0 Å². The Kier molecular flexibility index (Phi) is 5.36. The minimum absolute atomic E-state index is 0.0689. The standard InChI is InChI=1S/C18H25N3O/c1-13(16-8-6-5-7-9-16)10-11-19-18(22)12-17-14(2)20-21(4)15(17)3/h5-9,13H,10-12H2,1-4H3,(H,19,22)/t13-/m1/s1. The molecule has 22 heavy (non-hydrogen) atoms. The van der Waals surface area contributed by atoms with Gasteiger partial charge < -0.3 is 5.32 Å². The SMILES string of the molecule is Cc1nn(C)c(C)c1CC(=O)NCC[C@@H](C)c1ccccc1. The maximum Gasteiger partial charge on any atom is 0.224 e. The van der Waals surface area contributed by atoms with Crippen molar-refractivity contribution in [2.45, 2.75) is 39.5 Å². The molecule has 0 aliphatic rings. The average Bonchev–Trinajstić information content (AvgIpc) is 2.74. The van der Waals surface area contributed by atoms with Gasteiger partial charge in [0.05, 0.1) is 12.1 Å². The zero-order valence-electron chi connectivity index (χ0n) is 13.9. The number of aryl methyl sites for hydroxylation is 2. The van der Waals surface area contributed by atoms with Crippen molar-refractivity contribution in [3.63, 3.8) is 0 Å². The van der Waals surface area contributed by atoms with Gasteiger partial charge in [0, 0.05) is 24.8 Å². The third-order valence-electron chi connectivity index (χ3n) is 4.26. The fourth-order valence-electron chi connectivity index (χ4n) is 2.67. The van der Waals surface area contributed by atoms with Gasteiger partial charge >= 0.3 is 0 Å². The average molecular weight is 299 g/mol. The summed E-state index contributed by atoms with van der Waals surface area (Å²) < 4.78 is 1.83. The third-order valence-corrected chi connectivity index (χ3v) is 4.26. The summed E-state index contributed by atoms with van der Waals surface area (Å²) in [6, 6.07) is 10.4. The Morgan fingerprint density at radius 3 is 2.55 bits per heavy atom. The summed E-state index contributed by atoms with van der Waals surface area (Å²) in [7, 11) is 1.91. The molecule has 1 aromatic heterocycles. The Morgan fingerprint density at radius 1 is 1.27 bits per heavy atom. The summed E-state index contributed by atoms with van der Waals surface area (Å²) in [5.41, 5.74) is 4.35. The molecule has 2 rings (SSSR count). The lowest BCUT2D eigenvalue weighted by Gasteiger charge is -2.12. The molecule has 1 heterocycles. The Morgan fingerprint density at radius 2 is 1.95 bits per heavy atom. The number of amides is 1. The summed E-state index contributed by atoms with van der Waals surface area (Å²) in [6.07, 6.45) is 1.35. The predicted molar refractivity (Wildman–Crippen MR) is 88.9 cm³/mol. The van der Waals surface area contributed by atoms with Crippen LogP contribution in [0.4, 0.5) is 0 Å². The highest BCUT2D eigenvalue weighted by atomic mass is 16.1. The first kappa shape index (κ1) is 16.3. The van der Waals surface area contributed by atoms with Crippen molar-refractivity contribution >= 4 is 5.91 Å². The van der Waals surface area contributed by atoms with E-state index >= 15 is 0 Å². The second-order valence-corrected chi connectivity index (χ2v) is 5.90. The Bertz CT molecular complexity index is 631. The summed E-state index contributed by atoms with van der Waals surface area (Å²) in [5, 5.41) is 7.37. The van der Waals surface area contributed by atoms with E-state index in [0.29, 0.717) is 18.9 Å². The van der Waals surface area contributed by atoms with Crippen LogP contribution in [0.25, 0.3) is 0 Å². The monoisotopic (exact) mass is 299 g/mol. The first-order valence-electron chi connectivity index (χ1n) is 7.79. The molecule has 4 heteroatoms. The van der Waals surface area contributed by atoms with Crippen LogP contribution >= 0.6 is 0 Å². The van der Waals surface area contributed by atoms with Gasteiger partial charge in [-0.25, -0.2) is 0 Å². The summed E-state index contributed by atoms with van der Waals surface area (Å²) >= 11 is 0. The number of aromatic nitrogens is 2. The summed E-state index contributed by atoms with van der Waals surface area (Å²) in [5.74, 6) is 0.517. The number of rotatable bonds is 6. The second-order valence-electron chi connectivity index (χ2n) is 5.90. The number of nitrogens with zero attached hydrogens (tertiary/aromatic N) is 2. The van der Waals surface area contributed by atoms with E-state index in [4.69, 9.17) is 0 Å². The smallest absolute Gasteiger partial charge is 0.224 e. The van der Waals surface area contributed by atoms with Crippen LogP contribution in [0, 0.1) is 13.8 Å². The molecular formula is C18H25N3O. The number of nitrogens with one attached hydrogen (secondary N) is 1. The topological polar surface area (TPSA) is 46.9 Å². The highest BCUT2D eigenvalue weighted by Gasteiger charge is 2.13. The van der Waals surface area contributed by atoms with Crippen molar-refractivity contribution in [3.8, 4) is 0 Å². The van der Waals surface area contributed by atoms with Crippen LogP contribution in [-0.4, -0.2) is 22.2 Å². The molecule has 1 atom stereocenters. The van der Waals surface area contributed by atoms with E-state index in [1.165, 1.54) is 5.56 Å².